The lowest BCUT2D eigenvalue weighted by Crippen LogP contribution is -2.43. The Morgan fingerprint density at radius 3 is 2.47 bits per heavy atom. The number of carbonyl (C=O) groups is 2. The fraction of sp³-hybridized carbons (Fsp3) is 0.200. The van der Waals surface area contributed by atoms with Crippen molar-refractivity contribution >= 4 is 28.0 Å². The smallest absolute Gasteiger partial charge is 0.408 e. The van der Waals surface area contributed by atoms with E-state index in [9.17, 15) is 24.2 Å². The summed E-state index contributed by atoms with van der Waals surface area (Å²) in [6.07, 6.45) is -0.715. The van der Waals surface area contributed by atoms with Crippen LogP contribution >= 0.6 is 15.9 Å². The molecular formula is C25H23BrFNO6. The number of methoxy groups -OCH3 is 1. The van der Waals surface area contributed by atoms with Crippen LogP contribution in [0.15, 0.2) is 65.1 Å². The number of phenolic OH excluding ortho intramolecular Hbond substituents is 2. The molecule has 0 saturated heterocycles. The lowest BCUT2D eigenvalue weighted by atomic mass is 9.98. The Morgan fingerprint density at radius 2 is 1.76 bits per heavy atom. The van der Waals surface area contributed by atoms with E-state index in [2.05, 4.69) is 21.2 Å². The minimum atomic E-state index is -1.06. The highest BCUT2D eigenvalue weighted by Gasteiger charge is 2.24. The van der Waals surface area contributed by atoms with Gasteiger partial charge in [0.25, 0.3) is 0 Å². The zero-order valence-corrected chi connectivity index (χ0v) is 19.8. The number of ether oxygens (including phenoxy) is 2. The maximum absolute atomic E-state index is 13.6. The summed E-state index contributed by atoms with van der Waals surface area (Å²) in [5, 5.41) is 23.0. The maximum Gasteiger partial charge on any atom is 0.408 e. The third kappa shape index (κ3) is 6.71. The number of rotatable bonds is 8. The van der Waals surface area contributed by atoms with E-state index in [-0.39, 0.29) is 36.5 Å². The molecule has 0 aliphatic carbocycles. The average molecular weight is 532 g/mol. The Morgan fingerprint density at radius 1 is 1.03 bits per heavy atom. The van der Waals surface area contributed by atoms with Crippen LogP contribution in [-0.4, -0.2) is 35.4 Å². The van der Waals surface area contributed by atoms with Crippen LogP contribution in [0.5, 0.6) is 11.5 Å². The highest BCUT2D eigenvalue weighted by atomic mass is 79.9. The van der Waals surface area contributed by atoms with Crippen LogP contribution in [0.3, 0.4) is 0 Å². The number of amides is 1. The number of phenols is 2. The topological polar surface area (TPSA) is 105 Å². The Labute approximate surface area is 204 Å². The second-order valence-electron chi connectivity index (χ2n) is 7.52. The molecule has 3 aromatic carbocycles. The zero-order valence-electron chi connectivity index (χ0n) is 18.3. The molecule has 0 aliphatic heterocycles. The van der Waals surface area contributed by atoms with E-state index in [4.69, 9.17) is 9.47 Å². The van der Waals surface area contributed by atoms with E-state index in [1.54, 1.807) is 24.3 Å². The number of nitrogens with one attached hydrogen (secondary N) is 1. The van der Waals surface area contributed by atoms with Crippen molar-refractivity contribution in [2.45, 2.75) is 25.5 Å². The second-order valence-corrected chi connectivity index (χ2v) is 8.38. The van der Waals surface area contributed by atoms with Crippen molar-refractivity contribution in [1.29, 1.82) is 0 Å². The molecule has 0 radical (unpaired) electrons. The van der Waals surface area contributed by atoms with E-state index < -0.39 is 23.9 Å². The Hall–Kier alpha value is -3.59. The summed E-state index contributed by atoms with van der Waals surface area (Å²) in [5.74, 6) is -1.40. The fourth-order valence-electron chi connectivity index (χ4n) is 3.35. The van der Waals surface area contributed by atoms with Crippen LogP contribution < -0.4 is 5.32 Å². The van der Waals surface area contributed by atoms with Crippen molar-refractivity contribution in [2.75, 3.05) is 7.11 Å². The summed E-state index contributed by atoms with van der Waals surface area (Å²) in [6, 6.07) is 14.8. The quantitative estimate of drug-likeness (QED) is 0.367. The normalized spacial score (nSPS) is 11.5. The molecule has 0 bridgehead atoms. The van der Waals surface area contributed by atoms with Crippen molar-refractivity contribution in [3.05, 3.63) is 93.2 Å². The lowest BCUT2D eigenvalue weighted by molar-refractivity contribution is -0.143. The van der Waals surface area contributed by atoms with Crippen LogP contribution in [0.25, 0.3) is 0 Å². The number of hydrogen-bond acceptors (Lipinski definition) is 6. The molecular weight excluding hydrogens is 509 g/mol. The van der Waals surface area contributed by atoms with E-state index in [1.165, 1.54) is 19.2 Å². The fourth-order valence-corrected chi connectivity index (χ4v) is 3.90. The predicted molar refractivity (Wildman–Crippen MR) is 126 cm³/mol. The SMILES string of the molecule is COC(=O)[C@H](Cc1cc(Br)c(O)c(Cc2cc(F)ccc2O)c1)NC(=O)OCc1ccccc1. The zero-order chi connectivity index (χ0) is 24.7. The third-order valence-corrected chi connectivity index (χ3v) is 5.66. The molecule has 0 aliphatic rings. The number of esters is 1. The van der Waals surface area contributed by atoms with Gasteiger partial charge in [0, 0.05) is 18.4 Å². The molecule has 9 heteroatoms. The van der Waals surface area contributed by atoms with Crippen LogP contribution in [-0.2, 0) is 33.7 Å². The first kappa shape index (κ1) is 25.0. The molecule has 3 aromatic rings. The summed E-state index contributed by atoms with van der Waals surface area (Å²) in [4.78, 5) is 24.6. The molecule has 178 valence electrons. The molecule has 0 heterocycles. The maximum atomic E-state index is 13.6. The van der Waals surface area contributed by atoms with Crippen LogP contribution in [0.2, 0.25) is 0 Å². The molecule has 1 atom stereocenters. The summed E-state index contributed by atoms with van der Waals surface area (Å²) in [6.45, 7) is 0.0343. The Balaban J connectivity index is 1.76. The lowest BCUT2D eigenvalue weighted by Gasteiger charge is -2.18. The van der Waals surface area contributed by atoms with E-state index in [1.807, 2.05) is 18.2 Å². The van der Waals surface area contributed by atoms with Crippen LogP contribution in [0.1, 0.15) is 22.3 Å². The van der Waals surface area contributed by atoms with Crippen molar-refractivity contribution in [2.24, 2.45) is 0 Å². The van der Waals surface area contributed by atoms with Gasteiger partial charge in [-0.2, -0.15) is 0 Å². The molecule has 0 fully saturated rings. The van der Waals surface area contributed by atoms with E-state index in [0.29, 0.717) is 15.6 Å². The number of benzene rings is 3. The minimum Gasteiger partial charge on any atom is -0.508 e. The van der Waals surface area contributed by atoms with Gasteiger partial charge in [0.1, 0.15) is 30.0 Å². The second kappa shape index (κ2) is 11.5. The highest BCUT2D eigenvalue weighted by Crippen LogP contribution is 2.33. The van der Waals surface area contributed by atoms with Gasteiger partial charge in [-0.15, -0.1) is 0 Å². The molecule has 7 nitrogen and oxygen atoms in total. The summed E-state index contributed by atoms with van der Waals surface area (Å²) >= 11 is 3.27. The van der Waals surface area contributed by atoms with Crippen molar-refractivity contribution in [3.8, 4) is 11.5 Å². The summed E-state index contributed by atoms with van der Waals surface area (Å²) < 4.78 is 24.0. The Kier molecular flexibility index (Phi) is 8.48. The van der Waals surface area contributed by atoms with Gasteiger partial charge in [-0.1, -0.05) is 36.4 Å². The van der Waals surface area contributed by atoms with Gasteiger partial charge in [0.2, 0.25) is 0 Å². The van der Waals surface area contributed by atoms with Crippen LogP contribution in [0, 0.1) is 5.82 Å². The van der Waals surface area contributed by atoms with Gasteiger partial charge in [0.05, 0.1) is 11.6 Å². The first-order chi connectivity index (χ1) is 16.3. The van der Waals surface area contributed by atoms with Gasteiger partial charge in [-0.3, -0.25) is 0 Å². The molecule has 1 amide bonds. The molecule has 3 rings (SSSR count). The van der Waals surface area contributed by atoms with Gasteiger partial charge in [-0.05, 0) is 56.9 Å². The van der Waals surface area contributed by atoms with Gasteiger partial charge >= 0.3 is 12.1 Å². The largest absolute Gasteiger partial charge is 0.508 e. The van der Waals surface area contributed by atoms with E-state index >= 15 is 0 Å². The molecule has 0 spiro atoms. The molecule has 34 heavy (non-hydrogen) atoms. The van der Waals surface area contributed by atoms with Gasteiger partial charge in [0.15, 0.2) is 0 Å². The predicted octanol–water partition coefficient (Wildman–Crippen LogP) is 4.60. The molecule has 0 aromatic heterocycles. The Bertz CT molecular complexity index is 1170. The molecule has 0 saturated carbocycles. The average Bonchev–Trinajstić information content (AvgIpc) is 2.82. The first-order valence-electron chi connectivity index (χ1n) is 10.3. The highest BCUT2D eigenvalue weighted by molar-refractivity contribution is 9.10. The third-order valence-electron chi connectivity index (χ3n) is 5.05. The van der Waals surface area contributed by atoms with Gasteiger partial charge < -0.3 is 25.0 Å². The van der Waals surface area contributed by atoms with Crippen molar-refractivity contribution in [1.82, 2.24) is 5.32 Å². The van der Waals surface area contributed by atoms with Crippen molar-refractivity contribution < 1.29 is 33.7 Å². The number of aromatic hydroxyl groups is 2. The number of carbonyl (C=O) groups excluding carboxylic acids is 2. The number of alkyl carbamates (subject to hydrolysis) is 1. The van der Waals surface area contributed by atoms with E-state index in [0.717, 1.165) is 11.6 Å². The first-order valence-corrected chi connectivity index (χ1v) is 11.1. The summed E-state index contributed by atoms with van der Waals surface area (Å²) in [5.41, 5.74) is 2.04. The minimum absolute atomic E-state index is 0.0343. The molecule has 0 unspecified atom stereocenters. The van der Waals surface area contributed by atoms with Crippen molar-refractivity contribution in [3.63, 3.8) is 0 Å². The number of hydrogen-bond donors (Lipinski definition) is 3. The van der Waals surface area contributed by atoms with Crippen LogP contribution in [0.4, 0.5) is 9.18 Å². The monoisotopic (exact) mass is 531 g/mol. The standard InChI is InChI=1S/C25H23BrFNO6/c1-33-24(31)21(28-25(32)34-14-15-5-3-2-4-6-15)11-16-9-18(23(30)20(26)10-16)12-17-13-19(27)7-8-22(17)29/h2-10,13,21,29-30H,11-12,14H2,1H3,(H,28,32)/t21-/m0/s1. The summed E-state index contributed by atoms with van der Waals surface area (Å²) in [7, 11) is 1.21. The van der Waals surface area contributed by atoms with Gasteiger partial charge in [-0.25, -0.2) is 14.0 Å². The molecule has 3 N–H and O–H groups in total. The number of halogens is 2.